The van der Waals surface area contributed by atoms with Crippen LogP contribution >= 0.6 is 0 Å². The first kappa shape index (κ1) is 12.6. The Morgan fingerprint density at radius 1 is 1.06 bits per heavy atom. The maximum atomic E-state index is 13.2. The predicted molar refractivity (Wildman–Crippen MR) is 64.0 cm³/mol. The lowest BCUT2D eigenvalue weighted by molar-refractivity contribution is 0.567. The lowest BCUT2D eigenvalue weighted by atomic mass is 10.1. The summed E-state index contributed by atoms with van der Waals surface area (Å²) in [7, 11) is 1.69. The van der Waals surface area contributed by atoms with Crippen molar-refractivity contribution in [2.45, 2.75) is 13.0 Å². The summed E-state index contributed by atoms with van der Waals surface area (Å²) in [5.41, 5.74) is 1.39. The van der Waals surface area contributed by atoms with E-state index in [0.717, 1.165) is 11.6 Å². The highest BCUT2D eigenvalue weighted by atomic mass is 19.1. The van der Waals surface area contributed by atoms with Crippen molar-refractivity contribution >= 4 is 0 Å². The minimum absolute atomic E-state index is 0.434. The van der Waals surface area contributed by atoms with Crippen molar-refractivity contribution in [3.63, 3.8) is 0 Å². The molecular weight excluding hydrogens is 236 g/mol. The van der Waals surface area contributed by atoms with Gasteiger partial charge in [-0.1, -0.05) is 0 Å². The molecule has 0 spiro atoms. The number of aromatic nitrogens is 2. The molecule has 0 radical (unpaired) electrons. The summed E-state index contributed by atoms with van der Waals surface area (Å²) in [5, 5.41) is 2.95. The van der Waals surface area contributed by atoms with Gasteiger partial charge in [0, 0.05) is 18.5 Å². The minimum atomic E-state index is -0.614. The lowest BCUT2D eigenvalue weighted by Gasteiger charge is -2.15. The van der Waals surface area contributed by atoms with Crippen molar-refractivity contribution in [3.8, 4) is 0 Å². The van der Waals surface area contributed by atoms with Crippen LogP contribution in [0, 0.1) is 18.6 Å². The van der Waals surface area contributed by atoms with Crippen LogP contribution in [0.2, 0.25) is 0 Å². The van der Waals surface area contributed by atoms with Crippen LogP contribution in [0.1, 0.15) is 23.0 Å². The largest absolute Gasteiger partial charge is 0.307 e. The standard InChI is InChI=1S/C13H13F2N3/c1-8-6-17-13(18-7-8)12(16-2)9-3-10(14)5-11(15)4-9/h3-7,12,16H,1-2H3. The Balaban J connectivity index is 2.41. The fraction of sp³-hybridized carbons (Fsp3) is 0.231. The third-order valence-electron chi connectivity index (χ3n) is 2.57. The summed E-state index contributed by atoms with van der Waals surface area (Å²) in [6, 6.07) is 2.95. The molecule has 0 aliphatic rings. The molecule has 1 unspecified atom stereocenters. The van der Waals surface area contributed by atoms with Crippen LogP contribution in [0.4, 0.5) is 8.78 Å². The second kappa shape index (κ2) is 5.18. The van der Waals surface area contributed by atoms with E-state index in [4.69, 9.17) is 0 Å². The number of halogens is 2. The Morgan fingerprint density at radius 3 is 2.11 bits per heavy atom. The molecule has 1 aromatic heterocycles. The Hall–Kier alpha value is -1.88. The molecule has 0 saturated heterocycles. The van der Waals surface area contributed by atoms with Gasteiger partial charge in [-0.3, -0.25) is 0 Å². The Morgan fingerprint density at radius 2 is 1.61 bits per heavy atom. The maximum Gasteiger partial charge on any atom is 0.149 e. The van der Waals surface area contributed by atoms with Crippen molar-refractivity contribution in [1.82, 2.24) is 15.3 Å². The van der Waals surface area contributed by atoms with Gasteiger partial charge >= 0.3 is 0 Å². The molecule has 3 nitrogen and oxygen atoms in total. The van der Waals surface area contributed by atoms with Crippen LogP contribution in [-0.2, 0) is 0 Å². The second-order valence-electron chi connectivity index (χ2n) is 4.04. The van der Waals surface area contributed by atoms with Gasteiger partial charge in [-0.25, -0.2) is 18.7 Å². The molecule has 0 saturated carbocycles. The zero-order valence-corrected chi connectivity index (χ0v) is 10.1. The van der Waals surface area contributed by atoms with E-state index in [1.54, 1.807) is 19.4 Å². The third-order valence-corrected chi connectivity index (χ3v) is 2.57. The summed E-state index contributed by atoms with van der Waals surface area (Å²) in [6.07, 6.45) is 3.34. The van der Waals surface area contributed by atoms with Crippen LogP contribution in [0.15, 0.2) is 30.6 Å². The first-order valence-corrected chi connectivity index (χ1v) is 5.52. The molecule has 0 fully saturated rings. The summed E-state index contributed by atoms with van der Waals surface area (Å²) in [5.74, 6) is -0.747. The highest BCUT2D eigenvalue weighted by Crippen LogP contribution is 2.20. The van der Waals surface area contributed by atoms with Crippen molar-refractivity contribution in [2.24, 2.45) is 0 Å². The van der Waals surface area contributed by atoms with Gasteiger partial charge in [0.25, 0.3) is 0 Å². The molecule has 5 heteroatoms. The fourth-order valence-corrected chi connectivity index (χ4v) is 1.74. The predicted octanol–water partition coefficient (Wildman–Crippen LogP) is 2.37. The maximum absolute atomic E-state index is 13.2. The topological polar surface area (TPSA) is 37.8 Å². The fourth-order valence-electron chi connectivity index (χ4n) is 1.74. The number of hydrogen-bond acceptors (Lipinski definition) is 3. The van der Waals surface area contributed by atoms with Gasteiger partial charge in [0.1, 0.15) is 17.5 Å². The third kappa shape index (κ3) is 2.68. The molecule has 1 atom stereocenters. The average Bonchev–Trinajstić information content (AvgIpc) is 2.31. The monoisotopic (exact) mass is 249 g/mol. The highest BCUT2D eigenvalue weighted by Gasteiger charge is 2.16. The van der Waals surface area contributed by atoms with Crippen LogP contribution in [0.25, 0.3) is 0 Å². The van der Waals surface area contributed by atoms with Crippen LogP contribution in [0.5, 0.6) is 0 Å². The normalized spacial score (nSPS) is 12.4. The van der Waals surface area contributed by atoms with E-state index in [2.05, 4.69) is 15.3 Å². The van der Waals surface area contributed by atoms with Gasteiger partial charge in [0.15, 0.2) is 0 Å². The van der Waals surface area contributed by atoms with E-state index in [1.165, 1.54) is 12.1 Å². The lowest BCUT2D eigenvalue weighted by Crippen LogP contribution is -2.20. The minimum Gasteiger partial charge on any atom is -0.307 e. The molecular formula is C13H13F2N3. The molecule has 0 bridgehead atoms. The van der Waals surface area contributed by atoms with E-state index in [1.807, 2.05) is 6.92 Å². The number of hydrogen-bond donors (Lipinski definition) is 1. The first-order valence-electron chi connectivity index (χ1n) is 5.52. The summed E-state index contributed by atoms with van der Waals surface area (Å²) in [6.45, 7) is 1.88. The van der Waals surface area contributed by atoms with Gasteiger partial charge in [0.05, 0.1) is 6.04 Å². The molecule has 0 aliphatic heterocycles. The molecule has 2 aromatic rings. The van der Waals surface area contributed by atoms with E-state index in [9.17, 15) is 8.78 Å². The summed E-state index contributed by atoms with van der Waals surface area (Å²) in [4.78, 5) is 8.33. The van der Waals surface area contributed by atoms with E-state index in [0.29, 0.717) is 11.4 Å². The van der Waals surface area contributed by atoms with Gasteiger partial charge in [-0.05, 0) is 37.2 Å². The smallest absolute Gasteiger partial charge is 0.149 e. The van der Waals surface area contributed by atoms with E-state index >= 15 is 0 Å². The van der Waals surface area contributed by atoms with Gasteiger partial charge in [-0.2, -0.15) is 0 Å². The van der Waals surface area contributed by atoms with Crippen molar-refractivity contribution < 1.29 is 8.78 Å². The zero-order valence-electron chi connectivity index (χ0n) is 10.1. The molecule has 1 aromatic carbocycles. The molecule has 18 heavy (non-hydrogen) atoms. The zero-order chi connectivity index (χ0) is 13.1. The number of rotatable bonds is 3. The Labute approximate surface area is 104 Å². The molecule has 1 heterocycles. The van der Waals surface area contributed by atoms with Crippen molar-refractivity contribution in [2.75, 3.05) is 7.05 Å². The molecule has 94 valence electrons. The molecule has 0 amide bonds. The quantitative estimate of drug-likeness (QED) is 0.907. The number of aryl methyl sites for hydroxylation is 1. The SMILES string of the molecule is CNC(c1cc(F)cc(F)c1)c1ncc(C)cn1. The van der Waals surface area contributed by atoms with Crippen molar-refractivity contribution in [3.05, 3.63) is 59.2 Å². The summed E-state index contributed by atoms with van der Waals surface area (Å²) >= 11 is 0. The van der Waals surface area contributed by atoms with Crippen LogP contribution in [0.3, 0.4) is 0 Å². The molecule has 0 aliphatic carbocycles. The first-order chi connectivity index (χ1) is 8.60. The summed E-state index contributed by atoms with van der Waals surface area (Å²) < 4.78 is 26.4. The number of nitrogens with one attached hydrogen (secondary N) is 1. The number of benzene rings is 1. The van der Waals surface area contributed by atoms with E-state index < -0.39 is 17.7 Å². The van der Waals surface area contributed by atoms with Crippen LogP contribution in [-0.4, -0.2) is 17.0 Å². The Bertz CT molecular complexity index is 520. The van der Waals surface area contributed by atoms with E-state index in [-0.39, 0.29) is 0 Å². The number of nitrogens with zero attached hydrogens (tertiary/aromatic N) is 2. The van der Waals surface area contributed by atoms with Gasteiger partial charge < -0.3 is 5.32 Å². The molecule has 1 N–H and O–H groups in total. The highest BCUT2D eigenvalue weighted by molar-refractivity contribution is 5.26. The van der Waals surface area contributed by atoms with Gasteiger partial charge in [-0.15, -0.1) is 0 Å². The molecule has 2 rings (SSSR count). The Kier molecular flexibility index (Phi) is 3.62. The van der Waals surface area contributed by atoms with Gasteiger partial charge in [0.2, 0.25) is 0 Å². The second-order valence-corrected chi connectivity index (χ2v) is 4.04. The van der Waals surface area contributed by atoms with Crippen molar-refractivity contribution in [1.29, 1.82) is 0 Å². The average molecular weight is 249 g/mol. The van der Waals surface area contributed by atoms with Crippen LogP contribution < -0.4 is 5.32 Å².